The lowest BCUT2D eigenvalue weighted by Crippen LogP contribution is -2.37. The number of rotatable bonds is 5. The van der Waals surface area contributed by atoms with Crippen molar-refractivity contribution >= 4 is 57.4 Å². The van der Waals surface area contributed by atoms with Gasteiger partial charge in [-0.1, -0.05) is 18.2 Å². The van der Waals surface area contributed by atoms with E-state index in [1.54, 1.807) is 22.9 Å². The zero-order chi connectivity index (χ0) is 23.8. The van der Waals surface area contributed by atoms with Crippen LogP contribution in [0.2, 0.25) is 5.02 Å². The molecule has 1 aliphatic rings. The number of nitrogens with one attached hydrogen (secondary N) is 2. The van der Waals surface area contributed by atoms with Crippen molar-refractivity contribution in [2.75, 3.05) is 11.1 Å². The summed E-state index contributed by atoms with van der Waals surface area (Å²) in [6.45, 7) is 3.49. The van der Waals surface area contributed by atoms with Crippen LogP contribution in [-0.4, -0.2) is 42.6 Å². The molecule has 1 aliphatic carbocycles. The number of carbonyl (C=O) groups is 2. The minimum atomic E-state index is -0.546. The van der Waals surface area contributed by atoms with Gasteiger partial charge in [0.05, 0.1) is 11.4 Å². The number of carbonyl (C=O) groups excluding carboxylic acids is 2. The number of fused-ring (bicyclic) bond motifs is 2. The van der Waals surface area contributed by atoms with Crippen LogP contribution in [0.1, 0.15) is 42.2 Å². The Morgan fingerprint density at radius 3 is 2.79 bits per heavy atom. The Morgan fingerprint density at radius 1 is 1.24 bits per heavy atom. The van der Waals surface area contributed by atoms with Gasteiger partial charge in [0.15, 0.2) is 16.9 Å². The fourth-order valence-electron chi connectivity index (χ4n) is 4.24. The highest BCUT2D eigenvalue weighted by Gasteiger charge is 2.29. The van der Waals surface area contributed by atoms with E-state index in [1.807, 2.05) is 0 Å². The minimum absolute atomic E-state index is 0.0123. The zero-order valence-electron chi connectivity index (χ0n) is 18.0. The van der Waals surface area contributed by atoms with Crippen molar-refractivity contribution in [3.05, 3.63) is 47.9 Å². The number of amides is 2. The number of nitrogens with two attached hydrogens (primary N) is 1. The number of anilines is 2. The Kier molecular flexibility index (Phi) is 5.62. The lowest BCUT2D eigenvalue weighted by atomic mass is 9.91. The Hall–Kier alpha value is -3.99. The lowest BCUT2D eigenvalue weighted by molar-refractivity contribution is -0.117. The Balaban J connectivity index is 1.42. The molecule has 11 nitrogen and oxygen atoms in total. The van der Waals surface area contributed by atoms with Crippen molar-refractivity contribution in [1.82, 2.24) is 30.0 Å². The van der Waals surface area contributed by atoms with Gasteiger partial charge >= 0.3 is 6.01 Å². The second kappa shape index (κ2) is 8.75. The molecule has 5 rings (SSSR count). The molecule has 4 aromatic rings. The second-order valence-corrected chi connectivity index (χ2v) is 8.49. The second-order valence-electron chi connectivity index (χ2n) is 8.05. The minimum Gasteiger partial charge on any atom is -0.423 e. The molecule has 0 aliphatic heterocycles. The summed E-state index contributed by atoms with van der Waals surface area (Å²) in [5, 5.41) is 11.0. The molecular formula is C22H21ClN8O3. The Morgan fingerprint density at radius 2 is 2.03 bits per heavy atom. The van der Waals surface area contributed by atoms with Crippen molar-refractivity contribution in [1.29, 1.82) is 0 Å². The van der Waals surface area contributed by atoms with E-state index < -0.39 is 5.91 Å². The van der Waals surface area contributed by atoms with Crippen LogP contribution < -0.4 is 16.4 Å². The van der Waals surface area contributed by atoms with Gasteiger partial charge in [-0.3, -0.25) is 14.9 Å². The Bertz CT molecular complexity index is 1420. The zero-order valence-corrected chi connectivity index (χ0v) is 18.7. The average molecular weight is 481 g/mol. The van der Waals surface area contributed by atoms with Gasteiger partial charge in [-0.15, -0.1) is 0 Å². The van der Waals surface area contributed by atoms with Crippen LogP contribution in [0, 0.1) is 0 Å². The summed E-state index contributed by atoms with van der Waals surface area (Å²) in [5.41, 5.74) is 7.66. The van der Waals surface area contributed by atoms with Crippen LogP contribution in [-0.2, 0) is 4.79 Å². The molecule has 3 heterocycles. The topological polar surface area (TPSA) is 154 Å². The maximum absolute atomic E-state index is 13.1. The summed E-state index contributed by atoms with van der Waals surface area (Å²) < 4.78 is 7.31. The quantitative estimate of drug-likeness (QED) is 0.368. The summed E-state index contributed by atoms with van der Waals surface area (Å²) in [4.78, 5) is 37.4. The molecule has 1 saturated carbocycles. The predicted molar refractivity (Wildman–Crippen MR) is 126 cm³/mol. The maximum atomic E-state index is 13.1. The standard InChI is InChI=1S/C22H21ClN8O3/c1-2-16(32)27-12-4-6-13(7-5-12)31-20-17(19(24)25-10-26-20)18(30-31)21(33)29-22-28-14-9-11(23)3-8-15(14)34-22/h2-3,8-10,12-13H,1,4-7H2,(H,27,32)(H2,24,25,26)(H,28,29,33)/t12-,13-. The SMILES string of the molecule is C=CC(=O)N[C@H]1CC[C@H](n2nc(C(=O)Nc3nc4cc(Cl)ccc4o3)c3c(N)ncnc32)CC1. The first-order valence-corrected chi connectivity index (χ1v) is 11.1. The summed E-state index contributed by atoms with van der Waals surface area (Å²) in [6.07, 6.45) is 5.63. The van der Waals surface area contributed by atoms with Crippen molar-refractivity contribution in [3.63, 3.8) is 0 Å². The Labute approximate surface area is 198 Å². The lowest BCUT2D eigenvalue weighted by Gasteiger charge is -2.29. The number of nitrogen functional groups attached to an aromatic ring is 1. The molecule has 12 heteroatoms. The van der Waals surface area contributed by atoms with Gasteiger partial charge < -0.3 is 15.5 Å². The first kappa shape index (κ1) is 21.8. The number of benzene rings is 1. The van der Waals surface area contributed by atoms with Crippen LogP contribution >= 0.6 is 11.6 Å². The van der Waals surface area contributed by atoms with E-state index in [0.717, 1.165) is 25.7 Å². The van der Waals surface area contributed by atoms with Gasteiger partial charge in [-0.05, 0) is 50.0 Å². The molecule has 0 radical (unpaired) electrons. The van der Waals surface area contributed by atoms with E-state index in [-0.39, 0.29) is 35.5 Å². The smallest absolute Gasteiger partial charge is 0.302 e. The van der Waals surface area contributed by atoms with Crippen LogP contribution in [0.15, 0.2) is 41.6 Å². The molecular weight excluding hydrogens is 460 g/mol. The molecule has 34 heavy (non-hydrogen) atoms. The van der Waals surface area contributed by atoms with Crippen LogP contribution in [0.5, 0.6) is 0 Å². The molecule has 1 aromatic carbocycles. The van der Waals surface area contributed by atoms with Crippen molar-refractivity contribution in [2.24, 2.45) is 0 Å². The summed E-state index contributed by atoms with van der Waals surface area (Å²) in [6, 6.07) is 5.05. The molecule has 0 bridgehead atoms. The van der Waals surface area contributed by atoms with Gasteiger partial charge in [0.25, 0.3) is 5.91 Å². The van der Waals surface area contributed by atoms with E-state index in [0.29, 0.717) is 27.2 Å². The molecule has 2 amide bonds. The highest BCUT2D eigenvalue weighted by atomic mass is 35.5. The number of nitrogens with zero attached hydrogens (tertiary/aromatic N) is 5. The monoisotopic (exact) mass is 480 g/mol. The fourth-order valence-corrected chi connectivity index (χ4v) is 4.41. The highest BCUT2D eigenvalue weighted by Crippen LogP contribution is 2.33. The van der Waals surface area contributed by atoms with E-state index in [9.17, 15) is 9.59 Å². The summed E-state index contributed by atoms with van der Waals surface area (Å²) in [7, 11) is 0. The van der Waals surface area contributed by atoms with Gasteiger partial charge in [0, 0.05) is 11.1 Å². The molecule has 0 unspecified atom stereocenters. The van der Waals surface area contributed by atoms with Crippen LogP contribution in [0.4, 0.5) is 11.8 Å². The van der Waals surface area contributed by atoms with Crippen molar-refractivity contribution in [3.8, 4) is 0 Å². The number of halogens is 1. The summed E-state index contributed by atoms with van der Waals surface area (Å²) >= 11 is 6.00. The van der Waals surface area contributed by atoms with Gasteiger partial charge in [-0.25, -0.2) is 14.6 Å². The average Bonchev–Trinajstić information content (AvgIpc) is 3.41. The highest BCUT2D eigenvalue weighted by molar-refractivity contribution is 6.31. The molecule has 4 N–H and O–H groups in total. The predicted octanol–water partition coefficient (Wildman–Crippen LogP) is 3.24. The van der Waals surface area contributed by atoms with Gasteiger partial charge in [0.1, 0.15) is 17.7 Å². The third-order valence-electron chi connectivity index (χ3n) is 5.88. The molecule has 0 atom stereocenters. The molecule has 0 spiro atoms. The largest absolute Gasteiger partial charge is 0.423 e. The normalized spacial score (nSPS) is 18.1. The van der Waals surface area contributed by atoms with Crippen LogP contribution in [0.3, 0.4) is 0 Å². The van der Waals surface area contributed by atoms with E-state index in [2.05, 4.69) is 37.3 Å². The molecule has 1 fully saturated rings. The number of oxazole rings is 1. The maximum Gasteiger partial charge on any atom is 0.302 e. The van der Waals surface area contributed by atoms with E-state index in [1.165, 1.54) is 12.4 Å². The van der Waals surface area contributed by atoms with Gasteiger partial charge in [-0.2, -0.15) is 10.1 Å². The third kappa shape index (κ3) is 4.05. The van der Waals surface area contributed by atoms with Gasteiger partial charge in [0.2, 0.25) is 5.91 Å². The van der Waals surface area contributed by atoms with Crippen molar-refractivity contribution in [2.45, 2.75) is 37.8 Å². The number of hydrogen-bond donors (Lipinski definition) is 3. The fraction of sp³-hybridized carbons (Fsp3) is 0.273. The third-order valence-corrected chi connectivity index (χ3v) is 6.11. The van der Waals surface area contributed by atoms with E-state index in [4.69, 9.17) is 21.8 Å². The van der Waals surface area contributed by atoms with Crippen LogP contribution in [0.25, 0.3) is 22.1 Å². The molecule has 174 valence electrons. The van der Waals surface area contributed by atoms with E-state index >= 15 is 0 Å². The number of hydrogen-bond acceptors (Lipinski definition) is 8. The summed E-state index contributed by atoms with van der Waals surface area (Å²) in [5.74, 6) is -0.582. The number of aromatic nitrogens is 5. The first-order chi connectivity index (χ1) is 16.4. The molecule has 3 aromatic heterocycles. The molecule has 0 saturated heterocycles. The van der Waals surface area contributed by atoms with Crippen molar-refractivity contribution < 1.29 is 14.0 Å². The first-order valence-electron chi connectivity index (χ1n) is 10.7.